The zero-order valence-electron chi connectivity index (χ0n) is 7.43. The van der Waals surface area contributed by atoms with E-state index in [-0.39, 0.29) is 11.9 Å². The minimum absolute atomic E-state index is 0.177. The van der Waals surface area contributed by atoms with Crippen molar-refractivity contribution in [1.29, 1.82) is 0 Å². The summed E-state index contributed by atoms with van der Waals surface area (Å²) in [7, 11) is 0. The molecule has 2 nitrogen and oxygen atoms in total. The van der Waals surface area contributed by atoms with Gasteiger partial charge in [0.2, 0.25) is 0 Å². The molecular formula is C10H14O2. The van der Waals surface area contributed by atoms with Crippen LogP contribution in [0.4, 0.5) is 0 Å². The largest absolute Gasteiger partial charge is 0.378 e. The SMILES string of the molecule is CC#CCC(=O)CC1CCCO1. The number of rotatable bonds is 3. The van der Waals surface area contributed by atoms with Crippen LogP contribution < -0.4 is 0 Å². The smallest absolute Gasteiger partial charge is 0.147 e. The van der Waals surface area contributed by atoms with Crippen LogP contribution in [-0.2, 0) is 9.53 Å². The summed E-state index contributed by atoms with van der Waals surface area (Å²) in [5.74, 6) is 5.68. The van der Waals surface area contributed by atoms with Gasteiger partial charge >= 0.3 is 0 Å². The summed E-state index contributed by atoms with van der Waals surface area (Å²) in [4.78, 5) is 11.2. The number of ether oxygens (including phenoxy) is 1. The van der Waals surface area contributed by atoms with Crippen LogP contribution in [0.5, 0.6) is 0 Å². The third-order valence-corrected chi connectivity index (χ3v) is 1.94. The van der Waals surface area contributed by atoms with Crippen molar-refractivity contribution in [2.75, 3.05) is 6.61 Å². The van der Waals surface area contributed by atoms with Crippen LogP contribution in [-0.4, -0.2) is 18.5 Å². The van der Waals surface area contributed by atoms with Crippen LogP contribution in [0, 0.1) is 11.8 Å². The van der Waals surface area contributed by atoms with E-state index >= 15 is 0 Å². The van der Waals surface area contributed by atoms with Gasteiger partial charge in [0, 0.05) is 13.0 Å². The van der Waals surface area contributed by atoms with E-state index in [9.17, 15) is 4.79 Å². The Hall–Kier alpha value is -0.810. The van der Waals surface area contributed by atoms with E-state index in [4.69, 9.17) is 4.74 Å². The maximum Gasteiger partial charge on any atom is 0.147 e. The Balaban J connectivity index is 2.19. The number of Topliss-reactive ketones (excluding diaryl/α,β-unsaturated/α-hetero) is 1. The van der Waals surface area contributed by atoms with Gasteiger partial charge in [0.25, 0.3) is 0 Å². The first-order valence-electron chi connectivity index (χ1n) is 4.36. The molecular weight excluding hydrogens is 152 g/mol. The highest BCUT2D eigenvalue weighted by Crippen LogP contribution is 2.15. The van der Waals surface area contributed by atoms with Crippen molar-refractivity contribution in [2.45, 2.75) is 38.7 Å². The van der Waals surface area contributed by atoms with Crippen molar-refractivity contribution >= 4 is 5.78 Å². The predicted molar refractivity (Wildman–Crippen MR) is 46.7 cm³/mol. The average molecular weight is 166 g/mol. The van der Waals surface area contributed by atoms with Gasteiger partial charge in [-0.25, -0.2) is 0 Å². The molecule has 0 N–H and O–H groups in total. The highest BCUT2D eigenvalue weighted by atomic mass is 16.5. The fraction of sp³-hybridized carbons (Fsp3) is 0.700. The first kappa shape index (κ1) is 9.28. The maximum absolute atomic E-state index is 11.2. The van der Waals surface area contributed by atoms with Gasteiger partial charge in [-0.3, -0.25) is 4.79 Å². The first-order valence-corrected chi connectivity index (χ1v) is 4.36. The molecule has 2 heteroatoms. The highest BCUT2D eigenvalue weighted by Gasteiger charge is 2.18. The Morgan fingerprint density at radius 1 is 1.67 bits per heavy atom. The number of ketones is 1. The lowest BCUT2D eigenvalue weighted by atomic mass is 10.1. The molecule has 0 radical (unpaired) electrons. The second kappa shape index (κ2) is 4.95. The van der Waals surface area contributed by atoms with Crippen molar-refractivity contribution in [3.05, 3.63) is 0 Å². The Morgan fingerprint density at radius 2 is 2.50 bits per heavy atom. The van der Waals surface area contributed by atoms with E-state index in [1.807, 2.05) is 0 Å². The Labute approximate surface area is 73.3 Å². The molecule has 12 heavy (non-hydrogen) atoms. The van der Waals surface area contributed by atoms with E-state index in [0.717, 1.165) is 19.4 Å². The average Bonchev–Trinajstić information content (AvgIpc) is 2.53. The molecule has 1 unspecified atom stereocenters. The number of carbonyl (C=O) groups excluding carboxylic acids is 1. The monoisotopic (exact) mass is 166 g/mol. The molecule has 1 aliphatic heterocycles. The van der Waals surface area contributed by atoms with Gasteiger partial charge in [0.05, 0.1) is 12.5 Å². The van der Waals surface area contributed by atoms with E-state index in [0.29, 0.717) is 12.8 Å². The zero-order chi connectivity index (χ0) is 8.81. The lowest BCUT2D eigenvalue weighted by Crippen LogP contribution is -2.11. The molecule has 0 amide bonds. The summed E-state index contributed by atoms with van der Waals surface area (Å²) in [6.45, 7) is 2.57. The Bertz CT molecular complexity index is 204. The zero-order valence-corrected chi connectivity index (χ0v) is 7.43. The van der Waals surface area contributed by atoms with Gasteiger partial charge < -0.3 is 4.74 Å². The molecule has 1 saturated heterocycles. The Morgan fingerprint density at radius 3 is 3.08 bits per heavy atom. The topological polar surface area (TPSA) is 26.3 Å². The molecule has 1 heterocycles. The van der Waals surface area contributed by atoms with Gasteiger partial charge in [-0.15, -0.1) is 5.92 Å². The van der Waals surface area contributed by atoms with Crippen molar-refractivity contribution in [1.82, 2.24) is 0 Å². The van der Waals surface area contributed by atoms with Crippen molar-refractivity contribution in [2.24, 2.45) is 0 Å². The summed E-state index contributed by atoms with van der Waals surface area (Å²) in [6.07, 6.45) is 3.24. The van der Waals surface area contributed by atoms with E-state index in [1.54, 1.807) is 6.92 Å². The van der Waals surface area contributed by atoms with Crippen LogP contribution in [0.1, 0.15) is 32.6 Å². The lowest BCUT2D eigenvalue weighted by molar-refractivity contribution is -0.120. The molecule has 66 valence electrons. The molecule has 1 aliphatic rings. The van der Waals surface area contributed by atoms with Gasteiger partial charge in [-0.2, -0.15) is 0 Å². The number of hydrogen-bond donors (Lipinski definition) is 0. The Kier molecular flexibility index (Phi) is 3.83. The standard InChI is InChI=1S/C10H14O2/c1-2-3-5-9(11)8-10-6-4-7-12-10/h10H,4-8H2,1H3. The van der Waals surface area contributed by atoms with Crippen molar-refractivity contribution in [3.63, 3.8) is 0 Å². The van der Waals surface area contributed by atoms with Crippen molar-refractivity contribution in [3.8, 4) is 11.8 Å². The summed E-state index contributed by atoms with van der Waals surface area (Å²) in [5, 5.41) is 0. The molecule has 0 aliphatic carbocycles. The van der Waals surface area contributed by atoms with Crippen LogP contribution in [0.3, 0.4) is 0 Å². The van der Waals surface area contributed by atoms with E-state index in [2.05, 4.69) is 11.8 Å². The summed E-state index contributed by atoms with van der Waals surface area (Å²) in [5.41, 5.74) is 0. The van der Waals surface area contributed by atoms with Crippen LogP contribution in [0.15, 0.2) is 0 Å². The van der Waals surface area contributed by atoms with Crippen LogP contribution in [0.2, 0.25) is 0 Å². The fourth-order valence-electron chi connectivity index (χ4n) is 1.32. The minimum Gasteiger partial charge on any atom is -0.378 e. The molecule has 0 aromatic heterocycles. The highest BCUT2D eigenvalue weighted by molar-refractivity contribution is 5.81. The summed E-state index contributed by atoms with van der Waals surface area (Å²) in [6, 6.07) is 0. The lowest BCUT2D eigenvalue weighted by Gasteiger charge is -2.05. The summed E-state index contributed by atoms with van der Waals surface area (Å²) < 4.78 is 5.33. The molecule has 1 rings (SSSR count). The number of hydrogen-bond acceptors (Lipinski definition) is 2. The molecule has 0 saturated carbocycles. The first-order chi connectivity index (χ1) is 5.83. The third-order valence-electron chi connectivity index (χ3n) is 1.94. The second-order valence-electron chi connectivity index (χ2n) is 2.98. The molecule has 1 atom stereocenters. The summed E-state index contributed by atoms with van der Waals surface area (Å²) >= 11 is 0. The molecule has 0 spiro atoms. The van der Waals surface area contributed by atoms with Gasteiger partial charge in [0.1, 0.15) is 5.78 Å². The van der Waals surface area contributed by atoms with E-state index in [1.165, 1.54) is 0 Å². The molecule has 0 aromatic rings. The van der Waals surface area contributed by atoms with Crippen LogP contribution in [0.25, 0.3) is 0 Å². The van der Waals surface area contributed by atoms with Gasteiger partial charge in [-0.1, -0.05) is 5.92 Å². The van der Waals surface area contributed by atoms with Crippen LogP contribution >= 0.6 is 0 Å². The fourth-order valence-corrected chi connectivity index (χ4v) is 1.32. The third kappa shape index (κ3) is 3.06. The van der Waals surface area contributed by atoms with Gasteiger partial charge in [0.15, 0.2) is 0 Å². The van der Waals surface area contributed by atoms with Crippen molar-refractivity contribution < 1.29 is 9.53 Å². The second-order valence-corrected chi connectivity index (χ2v) is 2.98. The molecule has 0 aromatic carbocycles. The van der Waals surface area contributed by atoms with Gasteiger partial charge in [-0.05, 0) is 19.8 Å². The normalized spacial score (nSPS) is 21.6. The predicted octanol–water partition coefficient (Wildman–Crippen LogP) is 1.54. The minimum atomic E-state index is 0.177. The van der Waals surface area contributed by atoms with E-state index < -0.39 is 0 Å². The molecule has 0 bridgehead atoms. The molecule has 1 fully saturated rings. The quantitative estimate of drug-likeness (QED) is 0.594. The maximum atomic E-state index is 11.2. The number of carbonyl (C=O) groups is 1.